The summed E-state index contributed by atoms with van der Waals surface area (Å²) in [5.41, 5.74) is 3.05. The van der Waals surface area contributed by atoms with Crippen LogP contribution in [-0.2, 0) is 25.6 Å². The van der Waals surface area contributed by atoms with Gasteiger partial charge in [-0.1, -0.05) is 46.8 Å². The quantitative estimate of drug-likeness (QED) is 0.335. The van der Waals surface area contributed by atoms with E-state index in [0.29, 0.717) is 0 Å². The van der Waals surface area contributed by atoms with Gasteiger partial charge in [-0.05, 0) is 25.1 Å². The monoisotopic (exact) mass is 401 g/mol. The Bertz CT molecular complexity index is 801. The van der Waals surface area contributed by atoms with E-state index >= 15 is 0 Å². The molecule has 3 rings (SSSR count). The first kappa shape index (κ1) is 35.5. The standard InChI is InChI=1S/C14H12N2O.2C2H6.CH4.2CH3.FH.V/c1-9-3-5-12-11(7-9)14-10(8-15-12)4-6-13(17)16(14)2;2*1-2;;;;;/h3-8H,1-2H3;2*1-2H3;1H4;2*1H3;1H;/q;;;;2*-1;;+2. The topological polar surface area (TPSA) is 34.9 Å². The molecule has 3 aromatic rings. The van der Waals surface area contributed by atoms with E-state index in [0.717, 1.165) is 21.8 Å². The van der Waals surface area contributed by atoms with Crippen molar-refractivity contribution in [3.8, 4) is 0 Å². The van der Waals surface area contributed by atoms with Crippen LogP contribution in [0.2, 0.25) is 0 Å². The predicted octanol–water partition coefficient (Wildman–Crippen LogP) is 6.13. The van der Waals surface area contributed by atoms with Crippen LogP contribution < -0.4 is 5.56 Å². The molecule has 147 valence electrons. The molecule has 0 fully saturated rings. The first-order valence-electron chi connectivity index (χ1n) is 7.52. The van der Waals surface area contributed by atoms with Crippen molar-refractivity contribution in [1.29, 1.82) is 0 Å². The Labute approximate surface area is 171 Å². The molecule has 26 heavy (non-hydrogen) atoms. The SMILES string of the molecule is C.CC.CC.Cc1ccc2ncc3ccc(=O)n(C)c3c2c1.F.[CH3-].[CH3-].[V+2]. The second-order valence-electron chi connectivity index (χ2n) is 4.31. The maximum Gasteiger partial charge on any atom is 2.00 e. The van der Waals surface area contributed by atoms with Gasteiger partial charge in [0.2, 0.25) is 0 Å². The normalized spacial score (nSPS) is 7.77. The zero-order chi connectivity index (χ0) is 16.0. The third-order valence-electron chi connectivity index (χ3n) is 3.09. The van der Waals surface area contributed by atoms with E-state index in [1.807, 2.05) is 59.0 Å². The van der Waals surface area contributed by atoms with Crippen LogP contribution in [0.15, 0.2) is 41.3 Å². The van der Waals surface area contributed by atoms with Crippen LogP contribution in [0, 0.1) is 21.8 Å². The van der Waals surface area contributed by atoms with E-state index in [1.54, 1.807) is 17.7 Å². The second kappa shape index (κ2) is 16.8. The van der Waals surface area contributed by atoms with Crippen LogP contribution in [0.4, 0.5) is 4.70 Å². The molecule has 2 aromatic heterocycles. The molecule has 0 amide bonds. The minimum atomic E-state index is 0. The molecule has 0 N–H and O–H groups in total. The molecule has 0 bridgehead atoms. The Kier molecular flexibility index (Phi) is 22.9. The fourth-order valence-corrected chi connectivity index (χ4v) is 2.19. The van der Waals surface area contributed by atoms with E-state index in [-0.39, 0.29) is 51.1 Å². The number of benzene rings is 1. The van der Waals surface area contributed by atoms with Gasteiger partial charge in [-0.15, -0.1) is 0 Å². The van der Waals surface area contributed by atoms with E-state index in [4.69, 9.17) is 0 Å². The summed E-state index contributed by atoms with van der Waals surface area (Å²) in [6, 6.07) is 9.49. The van der Waals surface area contributed by atoms with Crippen molar-refractivity contribution in [2.75, 3.05) is 0 Å². The molecule has 2 heterocycles. The summed E-state index contributed by atoms with van der Waals surface area (Å²) in [4.78, 5) is 16.1. The van der Waals surface area contributed by atoms with Crippen molar-refractivity contribution in [2.45, 2.75) is 42.0 Å². The van der Waals surface area contributed by atoms with Crippen LogP contribution in [0.3, 0.4) is 0 Å². The summed E-state index contributed by atoms with van der Waals surface area (Å²) in [6.07, 6.45) is 1.81. The summed E-state index contributed by atoms with van der Waals surface area (Å²) >= 11 is 0. The molecule has 0 saturated heterocycles. The number of nitrogens with zero attached hydrogens (tertiary/aromatic N) is 2. The zero-order valence-corrected chi connectivity index (χ0v) is 18.0. The van der Waals surface area contributed by atoms with E-state index in [1.165, 1.54) is 5.56 Å². The molecule has 0 unspecified atom stereocenters. The number of hydrogen-bond donors (Lipinski definition) is 0. The van der Waals surface area contributed by atoms with E-state index in [9.17, 15) is 4.79 Å². The van der Waals surface area contributed by atoms with Gasteiger partial charge in [-0.3, -0.25) is 14.5 Å². The number of hydrogen-bond acceptors (Lipinski definition) is 2. The summed E-state index contributed by atoms with van der Waals surface area (Å²) in [7, 11) is 1.80. The third kappa shape index (κ3) is 7.31. The Balaban J connectivity index is -0.000000154. The average Bonchev–Trinajstić information content (AvgIpc) is 2.54. The van der Waals surface area contributed by atoms with Gasteiger partial charge < -0.3 is 19.4 Å². The molecule has 3 nitrogen and oxygen atoms in total. The Morgan fingerprint density at radius 1 is 0.962 bits per heavy atom. The van der Waals surface area contributed by atoms with Gasteiger partial charge in [-0.2, -0.15) is 0 Å². The molecule has 1 radical (unpaired) electrons. The molecule has 0 aliphatic carbocycles. The van der Waals surface area contributed by atoms with Crippen LogP contribution in [0.25, 0.3) is 21.8 Å². The third-order valence-corrected chi connectivity index (χ3v) is 3.09. The van der Waals surface area contributed by atoms with Crippen LogP contribution in [0.1, 0.15) is 40.7 Å². The molecule has 0 saturated carbocycles. The summed E-state index contributed by atoms with van der Waals surface area (Å²) in [5, 5.41) is 2.02. The molecule has 0 spiro atoms. The molecule has 5 heteroatoms. The molecular weight excluding hydrogens is 366 g/mol. The number of halogens is 1. The van der Waals surface area contributed by atoms with Gasteiger partial charge in [-0.25, -0.2) is 0 Å². The van der Waals surface area contributed by atoms with Gasteiger partial charge in [0.25, 0.3) is 5.56 Å². The Morgan fingerprint density at radius 2 is 1.50 bits per heavy atom. The predicted molar refractivity (Wildman–Crippen MR) is 114 cm³/mol. The van der Waals surface area contributed by atoms with Crippen molar-refractivity contribution in [3.05, 3.63) is 67.3 Å². The molecular formula is C21H35FN2OV. The first-order valence-corrected chi connectivity index (χ1v) is 7.52. The minimum Gasteiger partial charge on any atom is -0.358 e. The maximum absolute atomic E-state index is 11.7. The van der Waals surface area contributed by atoms with Gasteiger partial charge >= 0.3 is 18.6 Å². The van der Waals surface area contributed by atoms with Crippen molar-refractivity contribution in [3.63, 3.8) is 0 Å². The number of pyridine rings is 2. The van der Waals surface area contributed by atoms with Gasteiger partial charge in [0, 0.05) is 30.1 Å². The van der Waals surface area contributed by atoms with Crippen molar-refractivity contribution >= 4 is 21.8 Å². The molecule has 1 aromatic carbocycles. The Hall–Kier alpha value is -1.65. The van der Waals surface area contributed by atoms with Crippen molar-refractivity contribution < 1.29 is 23.3 Å². The number of fused-ring (bicyclic) bond motifs is 3. The summed E-state index contributed by atoms with van der Waals surface area (Å²) in [6.45, 7) is 10.0. The second-order valence-corrected chi connectivity index (χ2v) is 4.31. The zero-order valence-electron chi connectivity index (χ0n) is 16.6. The molecule has 0 atom stereocenters. The Morgan fingerprint density at radius 3 is 2.04 bits per heavy atom. The minimum absolute atomic E-state index is 0. The van der Waals surface area contributed by atoms with Crippen LogP contribution in [0.5, 0.6) is 0 Å². The molecule has 0 aliphatic rings. The average molecular weight is 401 g/mol. The first-order chi connectivity index (χ1) is 10.2. The number of aromatic nitrogens is 2. The number of aryl methyl sites for hydroxylation is 2. The fourth-order valence-electron chi connectivity index (χ4n) is 2.19. The van der Waals surface area contributed by atoms with Gasteiger partial charge in [0.05, 0.1) is 11.0 Å². The van der Waals surface area contributed by atoms with E-state index in [2.05, 4.69) is 11.1 Å². The van der Waals surface area contributed by atoms with E-state index < -0.39 is 0 Å². The maximum atomic E-state index is 11.7. The smallest absolute Gasteiger partial charge is 0.358 e. The fraction of sp³-hybridized carbons (Fsp3) is 0.333. The summed E-state index contributed by atoms with van der Waals surface area (Å²) in [5.74, 6) is 0. The summed E-state index contributed by atoms with van der Waals surface area (Å²) < 4.78 is 1.68. The van der Waals surface area contributed by atoms with Gasteiger partial charge in [0.1, 0.15) is 0 Å². The van der Waals surface area contributed by atoms with Crippen molar-refractivity contribution in [2.24, 2.45) is 7.05 Å². The van der Waals surface area contributed by atoms with Gasteiger partial charge in [0.15, 0.2) is 0 Å². The number of rotatable bonds is 0. The molecule has 0 aliphatic heterocycles. The van der Waals surface area contributed by atoms with Crippen LogP contribution in [-0.4, -0.2) is 9.55 Å². The van der Waals surface area contributed by atoms with Crippen LogP contribution >= 0.6 is 0 Å². The largest absolute Gasteiger partial charge is 2.00 e. The van der Waals surface area contributed by atoms with Crippen molar-refractivity contribution in [1.82, 2.24) is 9.55 Å².